The van der Waals surface area contributed by atoms with E-state index in [1.165, 1.54) is 12.8 Å². The van der Waals surface area contributed by atoms with E-state index in [4.69, 9.17) is 0 Å². The molecule has 1 N–H and O–H groups in total. The zero-order valence-corrected chi connectivity index (χ0v) is 11.4. The molecule has 0 amide bonds. The van der Waals surface area contributed by atoms with E-state index in [1.54, 1.807) is 10.9 Å². The molecule has 0 aliphatic carbocycles. The van der Waals surface area contributed by atoms with Gasteiger partial charge in [0.25, 0.3) is 0 Å². The third-order valence-electron chi connectivity index (χ3n) is 3.95. The summed E-state index contributed by atoms with van der Waals surface area (Å²) in [5.41, 5.74) is 0.758. The van der Waals surface area contributed by atoms with E-state index in [2.05, 4.69) is 17.3 Å². The Kier molecular flexibility index (Phi) is 4.53. The molecule has 2 heterocycles. The van der Waals surface area contributed by atoms with Crippen molar-refractivity contribution in [2.45, 2.75) is 39.7 Å². The van der Waals surface area contributed by atoms with Crippen molar-refractivity contribution in [3.63, 3.8) is 0 Å². The molecule has 2 atom stereocenters. The molecule has 1 aromatic heterocycles. The van der Waals surface area contributed by atoms with Gasteiger partial charge >= 0.3 is 0 Å². The molecule has 100 valence electrons. The third kappa shape index (κ3) is 2.99. The molecule has 0 spiro atoms. The minimum atomic E-state index is 0.229. The van der Waals surface area contributed by atoms with Gasteiger partial charge in [-0.05, 0) is 50.8 Å². The highest BCUT2D eigenvalue weighted by molar-refractivity contribution is 5.94. The van der Waals surface area contributed by atoms with Crippen molar-refractivity contribution >= 4 is 5.78 Å². The Bertz CT molecular complexity index is 393. The van der Waals surface area contributed by atoms with Crippen LogP contribution in [-0.2, 0) is 6.54 Å². The Morgan fingerprint density at radius 3 is 3.17 bits per heavy atom. The fourth-order valence-corrected chi connectivity index (χ4v) is 2.75. The number of hydrogen-bond donors (Lipinski definition) is 1. The molecule has 0 radical (unpaired) electrons. The van der Waals surface area contributed by atoms with Crippen LogP contribution in [0.2, 0.25) is 0 Å². The fraction of sp³-hybridized carbons (Fsp3) is 0.714. The van der Waals surface area contributed by atoms with Gasteiger partial charge in [-0.25, -0.2) is 0 Å². The molecule has 4 nitrogen and oxygen atoms in total. The summed E-state index contributed by atoms with van der Waals surface area (Å²) < 4.78 is 1.79. The molecule has 2 rings (SSSR count). The Hall–Kier alpha value is -1.16. The number of rotatable bonds is 5. The second-order valence-electron chi connectivity index (χ2n) is 5.24. The van der Waals surface area contributed by atoms with Gasteiger partial charge in [0, 0.05) is 19.2 Å². The van der Waals surface area contributed by atoms with Gasteiger partial charge in [-0.2, -0.15) is 5.10 Å². The predicted molar refractivity (Wildman–Crippen MR) is 71.6 cm³/mol. The predicted octanol–water partition coefficient (Wildman–Crippen LogP) is 2.11. The highest BCUT2D eigenvalue weighted by Crippen LogP contribution is 2.23. The van der Waals surface area contributed by atoms with Crippen molar-refractivity contribution in [3.05, 3.63) is 18.0 Å². The van der Waals surface area contributed by atoms with Crippen LogP contribution >= 0.6 is 0 Å². The summed E-state index contributed by atoms with van der Waals surface area (Å²) in [6, 6.07) is 1.83. The number of piperidine rings is 1. The summed E-state index contributed by atoms with van der Waals surface area (Å²) in [5, 5.41) is 7.58. The number of carbonyl (C=O) groups is 1. The maximum absolute atomic E-state index is 12.3. The number of carbonyl (C=O) groups excluding carboxylic acids is 1. The van der Waals surface area contributed by atoms with Gasteiger partial charge < -0.3 is 5.32 Å². The molecular formula is C14H23N3O. The summed E-state index contributed by atoms with van der Waals surface area (Å²) in [4.78, 5) is 12.3. The van der Waals surface area contributed by atoms with Crippen LogP contribution in [0.4, 0.5) is 0 Å². The lowest BCUT2D eigenvalue weighted by molar-refractivity contribution is 0.0932. The average molecular weight is 249 g/mol. The van der Waals surface area contributed by atoms with Crippen LogP contribution < -0.4 is 5.32 Å². The van der Waals surface area contributed by atoms with E-state index < -0.39 is 0 Å². The summed E-state index contributed by atoms with van der Waals surface area (Å²) in [6.07, 6.45) is 4.83. The van der Waals surface area contributed by atoms with E-state index in [-0.39, 0.29) is 5.78 Å². The van der Waals surface area contributed by atoms with E-state index in [1.807, 2.05) is 13.0 Å². The number of aryl methyl sites for hydroxylation is 1. The quantitative estimate of drug-likeness (QED) is 0.813. The van der Waals surface area contributed by atoms with Gasteiger partial charge in [0.05, 0.1) is 0 Å². The van der Waals surface area contributed by atoms with Crippen molar-refractivity contribution in [3.8, 4) is 0 Å². The van der Waals surface area contributed by atoms with Crippen LogP contribution in [0.15, 0.2) is 12.3 Å². The van der Waals surface area contributed by atoms with Gasteiger partial charge in [0.2, 0.25) is 0 Å². The molecule has 2 unspecified atom stereocenters. The van der Waals surface area contributed by atoms with E-state index in [0.29, 0.717) is 18.3 Å². The van der Waals surface area contributed by atoms with Crippen molar-refractivity contribution in [1.29, 1.82) is 0 Å². The minimum absolute atomic E-state index is 0.229. The monoisotopic (exact) mass is 249 g/mol. The Morgan fingerprint density at radius 2 is 2.50 bits per heavy atom. The number of nitrogens with one attached hydrogen (secondary N) is 1. The molecule has 1 fully saturated rings. The smallest absolute Gasteiger partial charge is 0.181 e. The number of aromatic nitrogens is 2. The maximum Gasteiger partial charge on any atom is 0.181 e. The molecular weight excluding hydrogens is 226 g/mol. The SMILES string of the molecule is CCn1nccc1C(=O)CC(C)C1CCCNC1. The standard InChI is InChI=1S/C14H23N3O/c1-3-17-13(6-8-16-17)14(18)9-11(2)12-5-4-7-15-10-12/h6,8,11-12,15H,3-5,7,9-10H2,1-2H3. The molecule has 18 heavy (non-hydrogen) atoms. The molecule has 0 saturated carbocycles. The number of Topliss-reactive ketones (excluding diaryl/α,β-unsaturated/α-hetero) is 1. The molecule has 1 aliphatic rings. The number of nitrogens with zero attached hydrogens (tertiary/aromatic N) is 2. The van der Waals surface area contributed by atoms with Crippen molar-refractivity contribution in [1.82, 2.24) is 15.1 Å². The van der Waals surface area contributed by atoms with Gasteiger partial charge in [-0.3, -0.25) is 9.48 Å². The first kappa shape index (κ1) is 13.3. The molecule has 1 saturated heterocycles. The lowest BCUT2D eigenvalue weighted by Crippen LogP contribution is -2.34. The molecule has 1 aromatic rings. The highest BCUT2D eigenvalue weighted by atomic mass is 16.1. The zero-order chi connectivity index (χ0) is 13.0. The molecule has 1 aliphatic heterocycles. The lowest BCUT2D eigenvalue weighted by Gasteiger charge is -2.27. The van der Waals surface area contributed by atoms with Crippen LogP contribution in [0.25, 0.3) is 0 Å². The highest BCUT2D eigenvalue weighted by Gasteiger charge is 2.23. The van der Waals surface area contributed by atoms with Crippen LogP contribution in [-0.4, -0.2) is 28.7 Å². The van der Waals surface area contributed by atoms with Gasteiger partial charge in [-0.1, -0.05) is 6.92 Å². The van der Waals surface area contributed by atoms with E-state index in [0.717, 1.165) is 25.3 Å². The first-order chi connectivity index (χ1) is 8.72. The average Bonchev–Trinajstić information content (AvgIpc) is 2.88. The molecule has 0 bridgehead atoms. The molecule has 0 aromatic carbocycles. The van der Waals surface area contributed by atoms with Gasteiger partial charge in [-0.15, -0.1) is 0 Å². The third-order valence-corrected chi connectivity index (χ3v) is 3.95. The first-order valence-corrected chi connectivity index (χ1v) is 6.98. The summed E-state index contributed by atoms with van der Waals surface area (Å²) in [7, 11) is 0. The Labute approximate surface area is 109 Å². The Morgan fingerprint density at radius 1 is 1.67 bits per heavy atom. The summed E-state index contributed by atoms with van der Waals surface area (Å²) >= 11 is 0. The van der Waals surface area contributed by atoms with Gasteiger partial charge in [0.15, 0.2) is 5.78 Å². The van der Waals surface area contributed by atoms with Gasteiger partial charge in [0.1, 0.15) is 5.69 Å². The van der Waals surface area contributed by atoms with Crippen LogP contribution in [0, 0.1) is 11.8 Å². The number of ketones is 1. The zero-order valence-electron chi connectivity index (χ0n) is 11.4. The van der Waals surface area contributed by atoms with Crippen molar-refractivity contribution in [2.75, 3.05) is 13.1 Å². The summed E-state index contributed by atoms with van der Waals surface area (Å²) in [6.45, 7) is 7.15. The fourth-order valence-electron chi connectivity index (χ4n) is 2.75. The van der Waals surface area contributed by atoms with Crippen molar-refractivity contribution in [2.24, 2.45) is 11.8 Å². The second-order valence-corrected chi connectivity index (χ2v) is 5.24. The lowest BCUT2D eigenvalue weighted by atomic mass is 9.84. The first-order valence-electron chi connectivity index (χ1n) is 6.98. The topological polar surface area (TPSA) is 46.9 Å². The van der Waals surface area contributed by atoms with Crippen molar-refractivity contribution < 1.29 is 4.79 Å². The maximum atomic E-state index is 12.3. The molecule has 4 heteroatoms. The number of hydrogen-bond acceptors (Lipinski definition) is 3. The van der Waals surface area contributed by atoms with E-state index in [9.17, 15) is 4.79 Å². The largest absolute Gasteiger partial charge is 0.316 e. The van der Waals surface area contributed by atoms with E-state index >= 15 is 0 Å². The summed E-state index contributed by atoms with van der Waals surface area (Å²) in [5.74, 6) is 1.32. The normalized spacial score (nSPS) is 21.8. The Balaban J connectivity index is 1.94. The van der Waals surface area contributed by atoms with Crippen LogP contribution in [0.1, 0.15) is 43.6 Å². The van der Waals surface area contributed by atoms with Crippen LogP contribution in [0.3, 0.4) is 0 Å². The second kappa shape index (κ2) is 6.14. The van der Waals surface area contributed by atoms with Crippen LogP contribution in [0.5, 0.6) is 0 Å². The minimum Gasteiger partial charge on any atom is -0.316 e.